The number of rotatable bonds is 7. The number of nitrogens with zero attached hydrogens (tertiary/aromatic N) is 5. The molecule has 0 amide bonds. The van der Waals surface area contributed by atoms with Crippen LogP contribution in [0.25, 0.3) is 155 Å². The second-order valence-corrected chi connectivity index (χ2v) is 19.4. The molecule has 0 aliphatic rings. The summed E-state index contributed by atoms with van der Waals surface area (Å²) in [7, 11) is 0. The standard InChI is InChI=1S/C69H41N5O2/c1-4-18-42(19-5-1)67-70-68(53-28-16-34-59-65(53)51-38-36-43(40-61(51)75-59)47-26-14-32-57-63(47)49-24-10-12-30-55(49)73(57)45-20-6-2-7-21-45)72-69(71-67)54-29-17-35-60-66(54)52-39-37-44(41-62(52)76-60)48-27-15-33-58-64(48)50-25-11-13-31-56(50)74(58)46-22-8-3-9-23-46/h1-41H. The fourth-order valence-corrected chi connectivity index (χ4v) is 11.9. The van der Waals surface area contributed by atoms with Gasteiger partial charge in [-0.15, -0.1) is 0 Å². The first-order valence-corrected chi connectivity index (χ1v) is 25.6. The Bertz CT molecular complexity index is 4700. The van der Waals surface area contributed by atoms with E-state index in [4.69, 9.17) is 23.8 Å². The number of hydrogen-bond donors (Lipinski definition) is 0. The molecule has 0 fully saturated rings. The summed E-state index contributed by atoms with van der Waals surface area (Å²) in [6, 6.07) is 87.2. The summed E-state index contributed by atoms with van der Waals surface area (Å²) >= 11 is 0. The van der Waals surface area contributed by atoms with E-state index in [1.807, 2.05) is 54.6 Å². The molecule has 7 heteroatoms. The molecule has 0 unspecified atom stereocenters. The van der Waals surface area contributed by atoms with Crippen molar-refractivity contribution in [2.24, 2.45) is 0 Å². The van der Waals surface area contributed by atoms with Gasteiger partial charge in [0, 0.05) is 71.2 Å². The van der Waals surface area contributed by atoms with Crippen LogP contribution in [-0.2, 0) is 0 Å². The maximum absolute atomic E-state index is 6.79. The van der Waals surface area contributed by atoms with Gasteiger partial charge in [-0.25, -0.2) is 15.0 Å². The highest BCUT2D eigenvalue weighted by atomic mass is 16.3. The Morgan fingerprint density at radius 2 is 0.645 bits per heavy atom. The monoisotopic (exact) mass is 971 g/mol. The van der Waals surface area contributed by atoms with Gasteiger partial charge < -0.3 is 18.0 Å². The van der Waals surface area contributed by atoms with E-state index in [-0.39, 0.29) is 0 Å². The largest absolute Gasteiger partial charge is 0.456 e. The van der Waals surface area contributed by atoms with Crippen LogP contribution < -0.4 is 0 Å². The van der Waals surface area contributed by atoms with E-state index in [2.05, 4.69) is 203 Å². The molecule has 5 heterocycles. The third-order valence-corrected chi connectivity index (χ3v) is 15.2. The molecule has 0 saturated carbocycles. The zero-order valence-electron chi connectivity index (χ0n) is 40.7. The zero-order valence-corrected chi connectivity index (χ0v) is 40.7. The van der Waals surface area contributed by atoms with Gasteiger partial charge in [-0.1, -0.05) is 164 Å². The second kappa shape index (κ2) is 16.6. The van der Waals surface area contributed by atoms with Crippen molar-refractivity contribution in [1.29, 1.82) is 0 Å². The predicted molar refractivity (Wildman–Crippen MR) is 310 cm³/mol. The minimum Gasteiger partial charge on any atom is -0.456 e. The number of benzene rings is 11. The summed E-state index contributed by atoms with van der Waals surface area (Å²) in [5.41, 5.74) is 17.0. The lowest BCUT2D eigenvalue weighted by Crippen LogP contribution is -2.00. The highest BCUT2D eigenvalue weighted by Gasteiger charge is 2.23. The smallest absolute Gasteiger partial charge is 0.164 e. The first-order chi connectivity index (χ1) is 37.7. The summed E-state index contributed by atoms with van der Waals surface area (Å²) in [4.78, 5) is 15.9. The Morgan fingerprint density at radius 3 is 1.13 bits per heavy atom. The number of furan rings is 2. The van der Waals surface area contributed by atoms with Crippen molar-refractivity contribution < 1.29 is 8.83 Å². The van der Waals surface area contributed by atoms with Gasteiger partial charge in [0.05, 0.1) is 22.1 Å². The molecule has 0 saturated heterocycles. The lowest BCUT2D eigenvalue weighted by Gasteiger charge is -2.10. The van der Waals surface area contributed by atoms with Crippen LogP contribution in [0.5, 0.6) is 0 Å². The molecule has 0 spiro atoms. The van der Waals surface area contributed by atoms with Gasteiger partial charge in [0.2, 0.25) is 0 Å². The molecule has 11 aromatic carbocycles. The highest BCUT2D eigenvalue weighted by Crippen LogP contribution is 2.45. The third kappa shape index (κ3) is 6.39. The third-order valence-electron chi connectivity index (χ3n) is 15.2. The van der Waals surface area contributed by atoms with Crippen LogP contribution in [0.1, 0.15) is 0 Å². The molecule has 5 aromatic heterocycles. The van der Waals surface area contributed by atoms with Crippen molar-refractivity contribution in [2.75, 3.05) is 0 Å². The van der Waals surface area contributed by atoms with Crippen LogP contribution in [0, 0.1) is 0 Å². The molecular formula is C69H41N5O2. The summed E-state index contributed by atoms with van der Waals surface area (Å²) in [6.07, 6.45) is 0. The Labute approximate surface area is 434 Å². The van der Waals surface area contributed by atoms with Gasteiger partial charge in [-0.3, -0.25) is 0 Å². The van der Waals surface area contributed by atoms with E-state index in [1.165, 1.54) is 21.5 Å². The van der Waals surface area contributed by atoms with E-state index in [9.17, 15) is 0 Å². The molecule has 0 N–H and O–H groups in total. The molecule has 354 valence electrons. The first-order valence-electron chi connectivity index (χ1n) is 25.6. The molecule has 76 heavy (non-hydrogen) atoms. The molecular weight excluding hydrogens is 931 g/mol. The molecule has 16 rings (SSSR count). The summed E-state index contributed by atoms with van der Waals surface area (Å²) in [5.74, 6) is 1.68. The van der Waals surface area contributed by atoms with Crippen LogP contribution in [0.3, 0.4) is 0 Å². The number of para-hydroxylation sites is 4. The van der Waals surface area contributed by atoms with Gasteiger partial charge in [0.15, 0.2) is 17.5 Å². The van der Waals surface area contributed by atoms with Gasteiger partial charge in [-0.05, 0) is 107 Å². The van der Waals surface area contributed by atoms with E-state index >= 15 is 0 Å². The fourth-order valence-electron chi connectivity index (χ4n) is 11.9. The Morgan fingerprint density at radius 1 is 0.250 bits per heavy atom. The maximum Gasteiger partial charge on any atom is 0.164 e. The average Bonchev–Trinajstić information content (AvgIpc) is 4.30. The number of hydrogen-bond acceptors (Lipinski definition) is 5. The van der Waals surface area contributed by atoms with Crippen LogP contribution in [0.2, 0.25) is 0 Å². The zero-order chi connectivity index (χ0) is 49.8. The normalized spacial score (nSPS) is 11.9. The molecule has 0 radical (unpaired) electrons. The molecule has 0 bridgehead atoms. The predicted octanol–water partition coefficient (Wildman–Crippen LogP) is 18.2. The van der Waals surface area contributed by atoms with Crippen LogP contribution in [0.4, 0.5) is 0 Å². The topological polar surface area (TPSA) is 74.8 Å². The number of fused-ring (bicyclic) bond motifs is 12. The van der Waals surface area contributed by atoms with Crippen molar-refractivity contribution >= 4 is 87.5 Å². The van der Waals surface area contributed by atoms with Crippen LogP contribution >= 0.6 is 0 Å². The quantitative estimate of drug-likeness (QED) is 0.159. The minimum absolute atomic E-state index is 0.551. The highest BCUT2D eigenvalue weighted by molar-refractivity contribution is 6.19. The second-order valence-electron chi connectivity index (χ2n) is 19.4. The maximum atomic E-state index is 6.79. The summed E-state index contributed by atoms with van der Waals surface area (Å²) in [5, 5.41) is 8.65. The lowest BCUT2D eigenvalue weighted by atomic mass is 9.97. The van der Waals surface area contributed by atoms with Crippen LogP contribution in [-0.4, -0.2) is 24.1 Å². The SMILES string of the molecule is c1ccc(-c2nc(-c3cccc4oc5cc(-c6cccc7c6c6ccccc6n7-c6ccccc6)ccc5c34)nc(-c3cccc4oc5cc(-c6cccc7c6c6ccccc6n7-c6ccccc6)ccc5c34)n2)cc1. The van der Waals surface area contributed by atoms with Crippen molar-refractivity contribution in [3.8, 4) is 67.8 Å². The van der Waals surface area contributed by atoms with Crippen molar-refractivity contribution in [3.63, 3.8) is 0 Å². The minimum atomic E-state index is 0.551. The van der Waals surface area contributed by atoms with Gasteiger partial charge in [-0.2, -0.15) is 0 Å². The Hall–Kier alpha value is -10.4. The van der Waals surface area contributed by atoms with Gasteiger partial charge in [0.25, 0.3) is 0 Å². The molecule has 7 nitrogen and oxygen atoms in total. The van der Waals surface area contributed by atoms with E-state index in [0.717, 1.165) is 116 Å². The van der Waals surface area contributed by atoms with E-state index in [1.54, 1.807) is 0 Å². The van der Waals surface area contributed by atoms with Gasteiger partial charge >= 0.3 is 0 Å². The lowest BCUT2D eigenvalue weighted by molar-refractivity contribution is 0.669. The van der Waals surface area contributed by atoms with E-state index in [0.29, 0.717) is 17.5 Å². The van der Waals surface area contributed by atoms with Crippen molar-refractivity contribution in [1.82, 2.24) is 24.1 Å². The van der Waals surface area contributed by atoms with Crippen LogP contribution in [0.15, 0.2) is 258 Å². The Kier molecular flexibility index (Phi) is 9.20. The molecule has 16 aromatic rings. The first kappa shape index (κ1) is 42.2. The van der Waals surface area contributed by atoms with Gasteiger partial charge in [0.1, 0.15) is 22.3 Å². The Balaban J connectivity index is 0.843. The molecule has 0 atom stereocenters. The average molecular weight is 972 g/mol. The summed E-state index contributed by atoms with van der Waals surface area (Å²) < 4.78 is 18.3. The van der Waals surface area contributed by atoms with Crippen molar-refractivity contribution in [2.45, 2.75) is 0 Å². The fraction of sp³-hybridized carbons (Fsp3) is 0. The molecule has 0 aliphatic carbocycles. The summed E-state index contributed by atoms with van der Waals surface area (Å²) in [6.45, 7) is 0. The number of aromatic nitrogens is 5. The van der Waals surface area contributed by atoms with E-state index < -0.39 is 0 Å². The molecule has 0 aliphatic heterocycles. The van der Waals surface area contributed by atoms with Crippen molar-refractivity contribution in [3.05, 3.63) is 249 Å².